The third kappa shape index (κ3) is 11.9. The van der Waals surface area contributed by atoms with Crippen molar-refractivity contribution in [3.05, 3.63) is 0 Å². The highest BCUT2D eigenvalue weighted by atomic mass is 16.5. The van der Waals surface area contributed by atoms with Crippen LogP contribution >= 0.6 is 0 Å². The maximum absolute atomic E-state index is 5.40. The minimum Gasteiger partial charge on any atom is -0.380 e. The number of rotatable bonds is 9. The summed E-state index contributed by atoms with van der Waals surface area (Å²) in [6.07, 6.45) is 0. The molecule has 0 saturated carbocycles. The van der Waals surface area contributed by atoms with Crippen LogP contribution in [0.5, 0.6) is 0 Å². The monoisotopic (exact) mass is 189 g/mol. The fourth-order valence-corrected chi connectivity index (χ4v) is 0.877. The summed E-state index contributed by atoms with van der Waals surface area (Å²) in [5.74, 6) is 0.628. The standard InChI is InChI=1S/C10H23NO2/c1-4-12-7-5-11-6-8-13-9-10(2)3/h10-11H,4-9H2,1-3H3. The molecule has 3 heteroatoms. The fraction of sp³-hybridized carbons (Fsp3) is 1.00. The molecular weight excluding hydrogens is 166 g/mol. The molecule has 0 amide bonds. The Morgan fingerprint density at radius 3 is 2.23 bits per heavy atom. The van der Waals surface area contributed by atoms with Gasteiger partial charge in [-0.1, -0.05) is 13.8 Å². The average molecular weight is 189 g/mol. The first-order valence-electron chi connectivity index (χ1n) is 5.13. The van der Waals surface area contributed by atoms with Gasteiger partial charge in [-0.2, -0.15) is 0 Å². The number of nitrogens with one attached hydrogen (secondary N) is 1. The second-order valence-corrected chi connectivity index (χ2v) is 3.42. The van der Waals surface area contributed by atoms with Crippen molar-refractivity contribution in [1.82, 2.24) is 5.32 Å². The lowest BCUT2D eigenvalue weighted by molar-refractivity contribution is 0.107. The third-order valence-corrected chi connectivity index (χ3v) is 1.50. The van der Waals surface area contributed by atoms with Gasteiger partial charge < -0.3 is 14.8 Å². The minimum absolute atomic E-state index is 0.628. The molecule has 0 bridgehead atoms. The molecule has 0 aromatic heterocycles. The Morgan fingerprint density at radius 1 is 1.08 bits per heavy atom. The molecule has 0 rings (SSSR count). The van der Waals surface area contributed by atoms with Gasteiger partial charge in [0, 0.05) is 26.3 Å². The van der Waals surface area contributed by atoms with Crippen molar-refractivity contribution in [2.24, 2.45) is 5.92 Å². The van der Waals surface area contributed by atoms with Crippen molar-refractivity contribution in [3.8, 4) is 0 Å². The van der Waals surface area contributed by atoms with E-state index >= 15 is 0 Å². The Balaban J connectivity index is 2.84. The molecule has 0 atom stereocenters. The largest absolute Gasteiger partial charge is 0.380 e. The van der Waals surface area contributed by atoms with Crippen LogP contribution in [0.2, 0.25) is 0 Å². The van der Waals surface area contributed by atoms with Gasteiger partial charge in [0.25, 0.3) is 0 Å². The van der Waals surface area contributed by atoms with Crippen LogP contribution in [0.25, 0.3) is 0 Å². The van der Waals surface area contributed by atoms with E-state index in [1.807, 2.05) is 6.92 Å². The third-order valence-electron chi connectivity index (χ3n) is 1.50. The molecule has 0 fully saturated rings. The molecule has 0 unspecified atom stereocenters. The molecule has 80 valence electrons. The van der Waals surface area contributed by atoms with Crippen LogP contribution in [0.1, 0.15) is 20.8 Å². The topological polar surface area (TPSA) is 30.5 Å². The van der Waals surface area contributed by atoms with Gasteiger partial charge in [0.2, 0.25) is 0 Å². The normalized spacial score (nSPS) is 11.1. The van der Waals surface area contributed by atoms with Crippen LogP contribution in [0.15, 0.2) is 0 Å². The molecule has 0 aromatic rings. The van der Waals surface area contributed by atoms with Gasteiger partial charge in [0.05, 0.1) is 13.2 Å². The Bertz CT molecular complexity index is 96.9. The van der Waals surface area contributed by atoms with Crippen LogP contribution in [0.3, 0.4) is 0 Å². The maximum atomic E-state index is 5.40. The van der Waals surface area contributed by atoms with E-state index in [9.17, 15) is 0 Å². The maximum Gasteiger partial charge on any atom is 0.0591 e. The molecule has 0 radical (unpaired) electrons. The van der Waals surface area contributed by atoms with E-state index in [0.717, 1.165) is 39.5 Å². The minimum atomic E-state index is 0.628. The van der Waals surface area contributed by atoms with Gasteiger partial charge in [-0.15, -0.1) is 0 Å². The summed E-state index contributed by atoms with van der Waals surface area (Å²) < 4.78 is 10.6. The van der Waals surface area contributed by atoms with Gasteiger partial charge >= 0.3 is 0 Å². The highest BCUT2D eigenvalue weighted by Gasteiger charge is 1.92. The predicted octanol–water partition coefficient (Wildman–Crippen LogP) is 1.29. The highest BCUT2D eigenvalue weighted by Crippen LogP contribution is 1.90. The summed E-state index contributed by atoms with van der Waals surface area (Å²) in [6.45, 7) is 11.4. The average Bonchev–Trinajstić information content (AvgIpc) is 2.09. The summed E-state index contributed by atoms with van der Waals surface area (Å²) in [6, 6.07) is 0. The summed E-state index contributed by atoms with van der Waals surface area (Å²) in [5.41, 5.74) is 0. The second kappa shape index (κ2) is 9.96. The molecule has 0 saturated heterocycles. The summed E-state index contributed by atoms with van der Waals surface area (Å²) in [4.78, 5) is 0. The van der Waals surface area contributed by atoms with Crippen molar-refractivity contribution in [2.45, 2.75) is 20.8 Å². The smallest absolute Gasteiger partial charge is 0.0591 e. The molecule has 0 spiro atoms. The van der Waals surface area contributed by atoms with Crippen LogP contribution in [0.4, 0.5) is 0 Å². The number of ether oxygens (including phenoxy) is 2. The zero-order chi connectivity index (χ0) is 9.94. The second-order valence-electron chi connectivity index (χ2n) is 3.42. The summed E-state index contributed by atoms with van der Waals surface area (Å²) >= 11 is 0. The fourth-order valence-electron chi connectivity index (χ4n) is 0.877. The molecular formula is C10H23NO2. The van der Waals surface area contributed by atoms with Crippen LogP contribution in [-0.4, -0.2) is 39.5 Å². The molecule has 3 nitrogen and oxygen atoms in total. The van der Waals surface area contributed by atoms with Crippen LogP contribution < -0.4 is 5.32 Å². The number of hydrogen-bond acceptors (Lipinski definition) is 3. The molecule has 0 aliphatic heterocycles. The lowest BCUT2D eigenvalue weighted by atomic mass is 10.2. The van der Waals surface area contributed by atoms with E-state index in [1.54, 1.807) is 0 Å². The summed E-state index contributed by atoms with van der Waals surface area (Å²) in [5, 5.41) is 3.24. The number of hydrogen-bond donors (Lipinski definition) is 1. The zero-order valence-electron chi connectivity index (χ0n) is 9.14. The van der Waals surface area contributed by atoms with E-state index < -0.39 is 0 Å². The van der Waals surface area contributed by atoms with E-state index in [0.29, 0.717) is 5.92 Å². The first-order chi connectivity index (χ1) is 6.27. The molecule has 13 heavy (non-hydrogen) atoms. The van der Waals surface area contributed by atoms with Gasteiger partial charge in [-0.25, -0.2) is 0 Å². The quantitative estimate of drug-likeness (QED) is 0.554. The zero-order valence-corrected chi connectivity index (χ0v) is 9.14. The lowest BCUT2D eigenvalue weighted by Gasteiger charge is -2.07. The Hall–Kier alpha value is -0.120. The van der Waals surface area contributed by atoms with Gasteiger partial charge in [0.15, 0.2) is 0 Å². The van der Waals surface area contributed by atoms with Crippen molar-refractivity contribution < 1.29 is 9.47 Å². The Morgan fingerprint density at radius 2 is 1.69 bits per heavy atom. The Labute approximate surface area is 81.8 Å². The molecule has 0 aromatic carbocycles. The van der Waals surface area contributed by atoms with E-state index in [1.165, 1.54) is 0 Å². The van der Waals surface area contributed by atoms with Crippen molar-refractivity contribution in [1.29, 1.82) is 0 Å². The molecule has 0 aliphatic carbocycles. The van der Waals surface area contributed by atoms with E-state index in [4.69, 9.17) is 9.47 Å². The van der Waals surface area contributed by atoms with E-state index in [2.05, 4.69) is 19.2 Å². The SMILES string of the molecule is CCOCCNCCOCC(C)C. The van der Waals surface area contributed by atoms with Crippen molar-refractivity contribution in [2.75, 3.05) is 39.5 Å². The highest BCUT2D eigenvalue weighted by molar-refractivity contribution is 4.46. The first kappa shape index (κ1) is 12.9. The van der Waals surface area contributed by atoms with Crippen LogP contribution in [0, 0.1) is 5.92 Å². The van der Waals surface area contributed by atoms with Crippen molar-refractivity contribution in [3.63, 3.8) is 0 Å². The molecule has 1 N–H and O–H groups in total. The molecule has 0 heterocycles. The van der Waals surface area contributed by atoms with Crippen molar-refractivity contribution >= 4 is 0 Å². The summed E-state index contributed by atoms with van der Waals surface area (Å²) in [7, 11) is 0. The molecule has 0 aliphatic rings. The van der Waals surface area contributed by atoms with Gasteiger partial charge in [-0.05, 0) is 12.8 Å². The van der Waals surface area contributed by atoms with Crippen LogP contribution in [-0.2, 0) is 9.47 Å². The lowest BCUT2D eigenvalue weighted by Crippen LogP contribution is -2.24. The first-order valence-corrected chi connectivity index (χ1v) is 5.13. The van der Waals surface area contributed by atoms with Gasteiger partial charge in [0.1, 0.15) is 0 Å². The Kier molecular flexibility index (Phi) is 9.87. The van der Waals surface area contributed by atoms with Gasteiger partial charge in [-0.3, -0.25) is 0 Å². The predicted molar refractivity (Wildman–Crippen MR) is 55.0 cm³/mol. The van der Waals surface area contributed by atoms with E-state index in [-0.39, 0.29) is 0 Å².